The zero-order chi connectivity index (χ0) is 23.3. The maximum absolute atomic E-state index is 13.4. The van der Waals surface area contributed by atoms with Crippen molar-refractivity contribution in [1.82, 2.24) is 10.2 Å². The molecule has 0 bridgehead atoms. The van der Waals surface area contributed by atoms with Crippen LogP contribution in [0.25, 0.3) is 0 Å². The summed E-state index contributed by atoms with van der Waals surface area (Å²) in [6.45, 7) is 6.14. The molecule has 1 fully saturated rings. The van der Waals surface area contributed by atoms with Gasteiger partial charge in [-0.25, -0.2) is 0 Å². The Balaban J connectivity index is 1.80. The van der Waals surface area contributed by atoms with E-state index in [9.17, 15) is 9.59 Å². The number of nitrogens with zero attached hydrogens (tertiary/aromatic N) is 1. The molecule has 1 atom stereocenters. The zero-order valence-corrected chi connectivity index (χ0v) is 20.6. The molecule has 3 rings (SSSR count). The van der Waals surface area contributed by atoms with Gasteiger partial charge in [0.05, 0.1) is 16.5 Å². The summed E-state index contributed by atoms with van der Waals surface area (Å²) in [7, 11) is 0. The number of amides is 2. The Morgan fingerprint density at radius 3 is 2.25 bits per heavy atom. The van der Waals surface area contributed by atoms with Crippen LogP contribution in [0.2, 0.25) is 10.0 Å². The molecule has 0 saturated heterocycles. The Morgan fingerprint density at radius 2 is 1.62 bits per heavy atom. The van der Waals surface area contributed by atoms with Gasteiger partial charge in [-0.3, -0.25) is 9.59 Å². The second-order valence-electron chi connectivity index (χ2n) is 8.96. The van der Waals surface area contributed by atoms with Gasteiger partial charge in [-0.05, 0) is 56.9 Å². The standard InChI is InChI=1S/C26H32Cl2N2O2/c1-17-11-18(2)13-21(12-17)15-25(31)30(16-20-9-10-23(27)24(28)14-20)19(3)26(32)29-22-7-5-4-6-8-22/h9-14,19,22H,4-8,15-16H2,1-3H3,(H,29,32). The van der Waals surface area contributed by atoms with Gasteiger partial charge in [0, 0.05) is 12.6 Å². The molecule has 0 aliphatic heterocycles. The number of carbonyl (C=O) groups excluding carboxylic acids is 2. The first-order valence-corrected chi connectivity index (χ1v) is 12.1. The predicted octanol–water partition coefficient (Wildman–Crippen LogP) is 6.02. The zero-order valence-electron chi connectivity index (χ0n) is 19.1. The Hall–Kier alpha value is -2.04. The summed E-state index contributed by atoms with van der Waals surface area (Å²) in [4.78, 5) is 28.1. The van der Waals surface area contributed by atoms with E-state index in [2.05, 4.69) is 11.4 Å². The van der Waals surface area contributed by atoms with E-state index >= 15 is 0 Å². The van der Waals surface area contributed by atoms with E-state index in [-0.39, 0.29) is 24.3 Å². The average Bonchev–Trinajstić information content (AvgIpc) is 2.74. The fourth-order valence-corrected chi connectivity index (χ4v) is 4.75. The lowest BCUT2D eigenvalue weighted by molar-refractivity contribution is -0.140. The van der Waals surface area contributed by atoms with Crippen LogP contribution in [0.1, 0.15) is 61.3 Å². The van der Waals surface area contributed by atoms with Crippen LogP contribution in [-0.2, 0) is 22.6 Å². The first kappa shape index (κ1) is 24.6. The van der Waals surface area contributed by atoms with Crippen molar-refractivity contribution in [2.45, 2.75) is 77.9 Å². The van der Waals surface area contributed by atoms with Crippen molar-refractivity contribution in [3.63, 3.8) is 0 Å². The summed E-state index contributed by atoms with van der Waals surface area (Å²) in [6, 6.07) is 11.1. The molecule has 0 spiro atoms. The Morgan fingerprint density at radius 1 is 0.969 bits per heavy atom. The molecule has 32 heavy (non-hydrogen) atoms. The minimum atomic E-state index is -0.593. The lowest BCUT2D eigenvalue weighted by atomic mass is 9.95. The Labute approximate surface area is 201 Å². The van der Waals surface area contributed by atoms with Crippen molar-refractivity contribution in [3.8, 4) is 0 Å². The normalized spacial score (nSPS) is 15.3. The molecule has 1 aliphatic rings. The van der Waals surface area contributed by atoms with Gasteiger partial charge in [0.1, 0.15) is 6.04 Å². The van der Waals surface area contributed by atoms with Gasteiger partial charge < -0.3 is 10.2 Å². The number of nitrogens with one attached hydrogen (secondary N) is 1. The van der Waals surface area contributed by atoms with Gasteiger partial charge in [0.2, 0.25) is 11.8 Å². The largest absolute Gasteiger partial charge is 0.352 e. The second-order valence-corrected chi connectivity index (χ2v) is 9.78. The third-order valence-electron chi connectivity index (χ3n) is 6.09. The Bertz CT molecular complexity index is 950. The molecule has 1 N–H and O–H groups in total. The maximum Gasteiger partial charge on any atom is 0.242 e. The van der Waals surface area contributed by atoms with Crippen LogP contribution in [0.15, 0.2) is 36.4 Å². The summed E-state index contributed by atoms with van der Waals surface area (Å²) in [5.74, 6) is -0.196. The molecule has 6 heteroatoms. The van der Waals surface area contributed by atoms with Crippen LogP contribution in [0.5, 0.6) is 0 Å². The predicted molar refractivity (Wildman–Crippen MR) is 131 cm³/mol. The Kier molecular flexibility index (Phi) is 8.61. The highest BCUT2D eigenvalue weighted by Gasteiger charge is 2.28. The van der Waals surface area contributed by atoms with Gasteiger partial charge in [0.25, 0.3) is 0 Å². The van der Waals surface area contributed by atoms with Crippen LogP contribution >= 0.6 is 23.2 Å². The highest BCUT2D eigenvalue weighted by Crippen LogP contribution is 2.24. The first-order chi connectivity index (χ1) is 15.2. The number of hydrogen-bond acceptors (Lipinski definition) is 2. The lowest BCUT2D eigenvalue weighted by Crippen LogP contribution is -2.50. The number of aryl methyl sites for hydroxylation is 2. The lowest BCUT2D eigenvalue weighted by Gasteiger charge is -2.31. The smallest absolute Gasteiger partial charge is 0.242 e. The number of hydrogen-bond donors (Lipinski definition) is 1. The summed E-state index contributed by atoms with van der Waals surface area (Å²) < 4.78 is 0. The fraction of sp³-hybridized carbons (Fsp3) is 0.462. The van der Waals surface area contributed by atoms with Gasteiger partial charge in [-0.2, -0.15) is 0 Å². The highest BCUT2D eigenvalue weighted by molar-refractivity contribution is 6.42. The number of carbonyl (C=O) groups is 2. The van der Waals surface area contributed by atoms with E-state index in [4.69, 9.17) is 23.2 Å². The van der Waals surface area contributed by atoms with Gasteiger partial charge in [0.15, 0.2) is 0 Å². The van der Waals surface area contributed by atoms with Crippen LogP contribution in [0.3, 0.4) is 0 Å². The molecular formula is C26H32Cl2N2O2. The molecule has 0 aromatic heterocycles. The summed E-state index contributed by atoms with van der Waals surface area (Å²) in [5.41, 5.74) is 4.02. The molecule has 1 unspecified atom stereocenters. The van der Waals surface area contributed by atoms with Crippen LogP contribution in [0, 0.1) is 13.8 Å². The number of benzene rings is 2. The van der Waals surface area contributed by atoms with Gasteiger partial charge in [-0.1, -0.05) is 77.9 Å². The van der Waals surface area contributed by atoms with E-state index in [0.717, 1.165) is 47.9 Å². The minimum Gasteiger partial charge on any atom is -0.352 e. The van der Waals surface area contributed by atoms with Crippen LogP contribution in [-0.4, -0.2) is 28.8 Å². The van der Waals surface area contributed by atoms with Gasteiger partial charge in [-0.15, -0.1) is 0 Å². The SMILES string of the molecule is Cc1cc(C)cc(CC(=O)N(Cc2ccc(Cl)c(Cl)c2)C(C)C(=O)NC2CCCCC2)c1. The number of halogens is 2. The number of rotatable bonds is 7. The van der Waals surface area contributed by atoms with Crippen LogP contribution < -0.4 is 5.32 Å². The molecule has 2 aromatic carbocycles. The van der Waals surface area contributed by atoms with E-state index in [1.165, 1.54) is 6.42 Å². The minimum absolute atomic E-state index is 0.0904. The quantitative estimate of drug-likeness (QED) is 0.533. The van der Waals surface area contributed by atoms with E-state index in [0.29, 0.717) is 16.6 Å². The third kappa shape index (κ3) is 6.73. The van der Waals surface area contributed by atoms with Crippen molar-refractivity contribution >= 4 is 35.0 Å². The topological polar surface area (TPSA) is 49.4 Å². The molecule has 2 aromatic rings. The average molecular weight is 475 g/mol. The van der Waals surface area contributed by atoms with E-state index in [1.54, 1.807) is 24.0 Å². The molecular weight excluding hydrogens is 443 g/mol. The monoisotopic (exact) mass is 474 g/mol. The van der Waals surface area contributed by atoms with Crippen molar-refractivity contribution in [3.05, 3.63) is 68.7 Å². The first-order valence-electron chi connectivity index (χ1n) is 11.3. The van der Waals surface area contributed by atoms with E-state index < -0.39 is 6.04 Å². The molecule has 2 amide bonds. The van der Waals surface area contributed by atoms with Crippen molar-refractivity contribution in [2.24, 2.45) is 0 Å². The van der Waals surface area contributed by atoms with E-state index in [1.807, 2.05) is 32.0 Å². The molecule has 1 saturated carbocycles. The molecule has 4 nitrogen and oxygen atoms in total. The van der Waals surface area contributed by atoms with Crippen molar-refractivity contribution < 1.29 is 9.59 Å². The maximum atomic E-state index is 13.4. The van der Waals surface area contributed by atoms with Crippen molar-refractivity contribution in [2.75, 3.05) is 0 Å². The summed E-state index contributed by atoms with van der Waals surface area (Å²) >= 11 is 12.3. The fourth-order valence-electron chi connectivity index (χ4n) is 4.43. The molecule has 0 radical (unpaired) electrons. The molecule has 1 aliphatic carbocycles. The highest BCUT2D eigenvalue weighted by atomic mass is 35.5. The van der Waals surface area contributed by atoms with Crippen molar-refractivity contribution in [1.29, 1.82) is 0 Å². The third-order valence-corrected chi connectivity index (χ3v) is 6.83. The summed E-state index contributed by atoms with van der Waals surface area (Å²) in [6.07, 6.45) is 5.74. The molecule has 172 valence electrons. The second kappa shape index (κ2) is 11.2. The summed E-state index contributed by atoms with van der Waals surface area (Å²) in [5, 5.41) is 4.06. The van der Waals surface area contributed by atoms with Crippen LogP contribution in [0.4, 0.5) is 0 Å². The molecule has 0 heterocycles. The van der Waals surface area contributed by atoms with Gasteiger partial charge >= 0.3 is 0 Å².